The Morgan fingerprint density at radius 3 is 2.76 bits per heavy atom. The van der Waals surface area contributed by atoms with E-state index in [1.54, 1.807) is 6.07 Å². The molecule has 0 saturated carbocycles. The van der Waals surface area contributed by atoms with Crippen LogP contribution in [0, 0.1) is 0 Å². The molecule has 17 heavy (non-hydrogen) atoms. The Bertz CT molecular complexity index is 433. The molecule has 0 fully saturated rings. The zero-order chi connectivity index (χ0) is 12.8. The van der Waals surface area contributed by atoms with E-state index in [2.05, 4.69) is 5.32 Å². The Morgan fingerprint density at radius 1 is 1.47 bits per heavy atom. The molecule has 0 aliphatic heterocycles. The monoisotopic (exact) mass is 257 g/mol. The second-order valence-corrected chi connectivity index (χ2v) is 3.67. The fourth-order valence-electron chi connectivity index (χ4n) is 1.25. The number of rotatable bonds is 5. The highest BCUT2D eigenvalue weighted by molar-refractivity contribution is 6.34. The number of anilines is 1. The summed E-state index contributed by atoms with van der Waals surface area (Å²) in [4.78, 5) is 22.4. The normalized spacial score (nSPS) is 10.0. The first-order valence-electron chi connectivity index (χ1n) is 4.87. The molecule has 0 radical (unpaired) electrons. The highest BCUT2D eigenvalue weighted by Gasteiger charge is 2.15. The van der Waals surface area contributed by atoms with E-state index in [0.717, 1.165) is 0 Å². The van der Waals surface area contributed by atoms with Crippen molar-refractivity contribution in [2.75, 3.05) is 19.0 Å². The largest absolute Gasteiger partial charge is 0.478 e. The molecule has 0 aliphatic carbocycles. The molecule has 0 unspecified atom stereocenters. The number of aromatic carboxylic acids is 1. The molecule has 0 heterocycles. The van der Waals surface area contributed by atoms with Gasteiger partial charge in [-0.2, -0.15) is 0 Å². The molecular formula is C11H12ClNO4. The summed E-state index contributed by atoms with van der Waals surface area (Å²) in [5, 5.41) is 11.5. The summed E-state index contributed by atoms with van der Waals surface area (Å²) in [7, 11) is 1.48. The number of hydrogen-bond acceptors (Lipinski definition) is 3. The number of nitrogens with one attached hydrogen (secondary N) is 1. The predicted octanol–water partition coefficient (Wildman–Crippen LogP) is 2.01. The molecule has 0 atom stereocenters. The van der Waals surface area contributed by atoms with Crippen molar-refractivity contribution in [1.29, 1.82) is 0 Å². The van der Waals surface area contributed by atoms with E-state index in [0.29, 0.717) is 0 Å². The standard InChI is InChI=1S/C11H12ClNO4/c1-17-6-5-9(14)13-8-4-2-3-7(12)10(8)11(15)16/h2-4H,5-6H2,1H3,(H,13,14)(H,15,16). The minimum atomic E-state index is -1.18. The van der Waals surface area contributed by atoms with Gasteiger partial charge in [0, 0.05) is 7.11 Å². The molecule has 92 valence electrons. The summed E-state index contributed by atoms with van der Waals surface area (Å²) in [6.45, 7) is 0.273. The lowest BCUT2D eigenvalue weighted by Crippen LogP contribution is -2.16. The number of halogens is 1. The number of carboxylic acid groups (broad SMARTS) is 1. The molecule has 0 aliphatic rings. The van der Waals surface area contributed by atoms with Crippen LogP contribution in [0.1, 0.15) is 16.8 Å². The highest BCUT2D eigenvalue weighted by atomic mass is 35.5. The maximum absolute atomic E-state index is 11.4. The van der Waals surface area contributed by atoms with Crippen LogP contribution < -0.4 is 5.32 Å². The highest BCUT2D eigenvalue weighted by Crippen LogP contribution is 2.24. The van der Waals surface area contributed by atoms with Crippen molar-refractivity contribution in [3.05, 3.63) is 28.8 Å². The van der Waals surface area contributed by atoms with Crippen LogP contribution >= 0.6 is 11.6 Å². The smallest absolute Gasteiger partial charge is 0.339 e. The lowest BCUT2D eigenvalue weighted by Gasteiger charge is -2.09. The van der Waals surface area contributed by atoms with E-state index in [4.69, 9.17) is 21.4 Å². The molecule has 0 bridgehead atoms. The average molecular weight is 258 g/mol. The molecule has 5 nitrogen and oxygen atoms in total. The second-order valence-electron chi connectivity index (χ2n) is 3.26. The number of amides is 1. The Labute approximate surface area is 103 Å². The lowest BCUT2D eigenvalue weighted by atomic mass is 10.1. The van der Waals surface area contributed by atoms with Gasteiger partial charge in [0.15, 0.2) is 0 Å². The molecular weight excluding hydrogens is 246 g/mol. The van der Waals surface area contributed by atoms with Crippen molar-refractivity contribution in [2.24, 2.45) is 0 Å². The van der Waals surface area contributed by atoms with Gasteiger partial charge in [-0.1, -0.05) is 17.7 Å². The van der Waals surface area contributed by atoms with Gasteiger partial charge in [0.2, 0.25) is 5.91 Å². The van der Waals surface area contributed by atoms with Gasteiger partial charge in [0.05, 0.1) is 23.7 Å². The fourth-order valence-corrected chi connectivity index (χ4v) is 1.51. The van der Waals surface area contributed by atoms with Crippen molar-refractivity contribution in [1.82, 2.24) is 0 Å². The van der Waals surface area contributed by atoms with E-state index in [1.165, 1.54) is 19.2 Å². The minimum absolute atomic E-state index is 0.0852. The Hall–Kier alpha value is -1.59. The minimum Gasteiger partial charge on any atom is -0.478 e. The van der Waals surface area contributed by atoms with E-state index in [-0.39, 0.29) is 35.2 Å². The summed E-state index contributed by atoms with van der Waals surface area (Å²) < 4.78 is 4.75. The third kappa shape index (κ3) is 3.72. The van der Waals surface area contributed by atoms with Gasteiger partial charge < -0.3 is 15.2 Å². The number of carboxylic acids is 1. The fraction of sp³-hybridized carbons (Fsp3) is 0.273. The van der Waals surface area contributed by atoms with Crippen molar-refractivity contribution in [2.45, 2.75) is 6.42 Å². The first-order chi connectivity index (χ1) is 8.06. The molecule has 0 spiro atoms. The summed E-state index contributed by atoms with van der Waals surface area (Å²) >= 11 is 5.76. The van der Waals surface area contributed by atoms with Gasteiger partial charge in [-0.25, -0.2) is 4.79 Å². The van der Waals surface area contributed by atoms with Crippen molar-refractivity contribution < 1.29 is 19.4 Å². The summed E-state index contributed by atoms with van der Waals surface area (Å²) in [5.41, 5.74) is 0.0750. The molecule has 6 heteroatoms. The van der Waals surface area contributed by atoms with Gasteiger partial charge in [-0.05, 0) is 12.1 Å². The van der Waals surface area contributed by atoms with Crippen LogP contribution in [0.4, 0.5) is 5.69 Å². The van der Waals surface area contributed by atoms with Gasteiger partial charge in [0.1, 0.15) is 5.56 Å². The Balaban J connectivity index is 2.87. The molecule has 0 saturated heterocycles. The van der Waals surface area contributed by atoms with E-state index < -0.39 is 5.97 Å². The average Bonchev–Trinajstić information content (AvgIpc) is 2.25. The lowest BCUT2D eigenvalue weighted by molar-refractivity contribution is -0.117. The predicted molar refractivity (Wildman–Crippen MR) is 63.5 cm³/mol. The summed E-state index contributed by atoms with van der Waals surface area (Å²) in [5.74, 6) is -1.51. The number of ether oxygens (including phenoxy) is 1. The third-order valence-corrected chi connectivity index (χ3v) is 2.35. The summed E-state index contributed by atoms with van der Waals surface area (Å²) in [6, 6.07) is 4.51. The summed E-state index contributed by atoms with van der Waals surface area (Å²) in [6.07, 6.45) is 0.155. The Morgan fingerprint density at radius 2 is 2.18 bits per heavy atom. The van der Waals surface area contributed by atoms with Crippen molar-refractivity contribution >= 4 is 29.2 Å². The molecule has 2 N–H and O–H groups in total. The van der Waals surface area contributed by atoms with Gasteiger partial charge in [-0.3, -0.25) is 4.79 Å². The first-order valence-corrected chi connectivity index (χ1v) is 5.24. The van der Waals surface area contributed by atoms with Crippen LogP contribution in [0.25, 0.3) is 0 Å². The van der Waals surface area contributed by atoms with Gasteiger partial charge in [-0.15, -0.1) is 0 Å². The Kier molecular flexibility index (Phi) is 4.93. The van der Waals surface area contributed by atoms with Crippen LogP contribution in [0.2, 0.25) is 5.02 Å². The zero-order valence-corrected chi connectivity index (χ0v) is 9.95. The molecule has 1 rings (SSSR count). The number of carbonyl (C=O) groups is 2. The van der Waals surface area contributed by atoms with Gasteiger partial charge in [0.25, 0.3) is 0 Å². The zero-order valence-electron chi connectivity index (χ0n) is 9.20. The number of carbonyl (C=O) groups excluding carboxylic acids is 1. The second kappa shape index (κ2) is 6.22. The van der Waals surface area contributed by atoms with E-state index in [9.17, 15) is 9.59 Å². The van der Waals surface area contributed by atoms with Crippen molar-refractivity contribution in [3.8, 4) is 0 Å². The number of benzene rings is 1. The topological polar surface area (TPSA) is 75.6 Å². The van der Waals surface area contributed by atoms with Crippen molar-refractivity contribution in [3.63, 3.8) is 0 Å². The van der Waals surface area contributed by atoms with Gasteiger partial charge >= 0.3 is 5.97 Å². The molecule has 0 aromatic heterocycles. The van der Waals surface area contributed by atoms with Crippen LogP contribution in [0.5, 0.6) is 0 Å². The number of hydrogen-bond donors (Lipinski definition) is 2. The molecule has 1 aromatic carbocycles. The van der Waals surface area contributed by atoms with Crippen LogP contribution in [0.15, 0.2) is 18.2 Å². The first kappa shape index (κ1) is 13.5. The van der Waals surface area contributed by atoms with E-state index in [1.807, 2.05) is 0 Å². The quantitative estimate of drug-likeness (QED) is 0.846. The molecule has 1 amide bonds. The maximum Gasteiger partial charge on any atom is 0.339 e. The third-order valence-electron chi connectivity index (χ3n) is 2.03. The maximum atomic E-state index is 11.4. The van der Waals surface area contributed by atoms with Crippen LogP contribution in [0.3, 0.4) is 0 Å². The van der Waals surface area contributed by atoms with Crippen LogP contribution in [-0.2, 0) is 9.53 Å². The SMILES string of the molecule is COCCC(=O)Nc1cccc(Cl)c1C(=O)O. The number of methoxy groups -OCH3 is 1. The molecule has 1 aromatic rings. The van der Waals surface area contributed by atoms with E-state index >= 15 is 0 Å². The van der Waals surface area contributed by atoms with Crippen LogP contribution in [-0.4, -0.2) is 30.7 Å².